The number of hydrogen-bond acceptors (Lipinski definition) is 2. The van der Waals surface area contributed by atoms with Crippen LogP contribution in [0.5, 0.6) is 0 Å². The highest BCUT2D eigenvalue weighted by Crippen LogP contribution is 2.11. The fourth-order valence-electron chi connectivity index (χ4n) is 3.02. The monoisotopic (exact) mass is 390 g/mol. The first-order chi connectivity index (χ1) is 14.0. The van der Waals surface area contributed by atoms with Gasteiger partial charge >= 0.3 is 0 Å². The van der Waals surface area contributed by atoms with E-state index < -0.39 is 0 Å². The lowest BCUT2D eigenvalue weighted by molar-refractivity contribution is 0.0785. The maximum absolute atomic E-state index is 12.9. The third-order valence-corrected chi connectivity index (χ3v) is 4.59. The van der Waals surface area contributed by atoms with Gasteiger partial charge in [0.25, 0.3) is 11.8 Å². The van der Waals surface area contributed by atoms with Crippen LogP contribution in [-0.4, -0.2) is 30.3 Å². The number of nitrogens with zero attached hydrogens (tertiary/aromatic N) is 1. The van der Waals surface area contributed by atoms with Crippen LogP contribution >= 0.6 is 0 Å². The van der Waals surface area contributed by atoms with E-state index >= 15 is 0 Å². The number of rotatable bonds is 7. The van der Waals surface area contributed by atoms with Gasteiger partial charge in [0.15, 0.2) is 0 Å². The molecule has 0 fully saturated rings. The lowest BCUT2D eigenvalue weighted by Gasteiger charge is -2.17. The van der Waals surface area contributed by atoms with E-state index in [4.69, 9.17) is 0 Å². The summed E-state index contributed by atoms with van der Waals surface area (Å²) in [7, 11) is 1.74. The molecule has 2 amide bonds. The van der Waals surface area contributed by atoms with Gasteiger partial charge in [-0.1, -0.05) is 48.5 Å². The van der Waals surface area contributed by atoms with Gasteiger partial charge in [-0.05, 0) is 47.9 Å². The molecule has 0 aromatic heterocycles. The maximum Gasteiger partial charge on any atom is 0.253 e. The van der Waals surface area contributed by atoms with Crippen molar-refractivity contribution in [3.8, 4) is 0 Å². The summed E-state index contributed by atoms with van der Waals surface area (Å²) in [4.78, 5) is 26.8. The second-order valence-corrected chi connectivity index (χ2v) is 6.86. The van der Waals surface area contributed by atoms with Gasteiger partial charge in [0.2, 0.25) is 0 Å². The Morgan fingerprint density at radius 3 is 2.28 bits per heavy atom. The summed E-state index contributed by atoms with van der Waals surface area (Å²) in [5.74, 6) is -0.668. The summed E-state index contributed by atoms with van der Waals surface area (Å²) >= 11 is 0. The molecule has 0 aliphatic rings. The minimum absolute atomic E-state index is 0.144. The summed E-state index contributed by atoms with van der Waals surface area (Å²) in [5, 5.41) is 2.84. The van der Waals surface area contributed by atoms with Crippen LogP contribution in [0.15, 0.2) is 78.9 Å². The zero-order valence-corrected chi connectivity index (χ0v) is 16.3. The normalized spacial score (nSPS) is 10.4. The molecule has 0 atom stereocenters. The average Bonchev–Trinajstić information content (AvgIpc) is 2.75. The summed E-state index contributed by atoms with van der Waals surface area (Å²) in [6, 6.07) is 22.6. The molecule has 0 saturated heterocycles. The number of nitrogens with one attached hydrogen (secondary N) is 1. The summed E-state index contributed by atoms with van der Waals surface area (Å²) in [6.07, 6.45) is 0.602. The Bertz CT molecular complexity index is 972. The smallest absolute Gasteiger partial charge is 0.253 e. The van der Waals surface area contributed by atoms with E-state index in [1.807, 2.05) is 30.3 Å². The highest BCUT2D eigenvalue weighted by molar-refractivity contribution is 5.99. The topological polar surface area (TPSA) is 49.4 Å². The van der Waals surface area contributed by atoms with Gasteiger partial charge in [-0.15, -0.1) is 0 Å². The average molecular weight is 390 g/mol. The highest BCUT2D eigenvalue weighted by Gasteiger charge is 2.14. The summed E-state index contributed by atoms with van der Waals surface area (Å²) < 4.78 is 12.9. The molecule has 1 N–H and O–H groups in total. The molecule has 3 aromatic rings. The van der Waals surface area contributed by atoms with Crippen molar-refractivity contribution in [2.24, 2.45) is 0 Å². The number of carbonyl (C=O) groups is 2. The molecular weight excluding hydrogens is 367 g/mol. The van der Waals surface area contributed by atoms with E-state index in [2.05, 4.69) is 5.32 Å². The number of amides is 2. The minimum Gasteiger partial charge on any atom is -0.352 e. The van der Waals surface area contributed by atoms with Crippen molar-refractivity contribution in [1.29, 1.82) is 0 Å². The standard InChI is InChI=1S/C24H23FN2O2/c1-27(17-19-6-3-2-4-7-19)24(29)21-9-5-8-20(16-21)23(28)26-15-14-18-10-12-22(25)13-11-18/h2-13,16H,14-15,17H2,1H3,(H,26,28). The van der Waals surface area contributed by atoms with Crippen LogP contribution < -0.4 is 5.32 Å². The zero-order chi connectivity index (χ0) is 20.6. The van der Waals surface area contributed by atoms with Crippen LogP contribution in [-0.2, 0) is 13.0 Å². The molecule has 148 valence electrons. The van der Waals surface area contributed by atoms with Gasteiger partial charge in [0.1, 0.15) is 5.82 Å². The van der Waals surface area contributed by atoms with Crippen molar-refractivity contribution < 1.29 is 14.0 Å². The molecule has 5 heteroatoms. The zero-order valence-electron chi connectivity index (χ0n) is 16.3. The molecule has 29 heavy (non-hydrogen) atoms. The lowest BCUT2D eigenvalue weighted by Crippen LogP contribution is -2.28. The number of benzene rings is 3. The van der Waals surface area contributed by atoms with Crippen LogP contribution in [0.25, 0.3) is 0 Å². The van der Waals surface area contributed by atoms with Gasteiger partial charge in [-0.3, -0.25) is 9.59 Å². The number of halogens is 1. The Labute approximate surface area is 170 Å². The molecule has 0 spiro atoms. The van der Waals surface area contributed by atoms with E-state index in [0.29, 0.717) is 30.6 Å². The first-order valence-corrected chi connectivity index (χ1v) is 9.45. The SMILES string of the molecule is CN(Cc1ccccc1)C(=O)c1cccc(C(=O)NCCc2ccc(F)cc2)c1. The number of hydrogen-bond donors (Lipinski definition) is 1. The predicted molar refractivity (Wildman–Crippen MR) is 111 cm³/mol. The van der Waals surface area contributed by atoms with Crippen LogP contribution in [0.4, 0.5) is 4.39 Å². The predicted octanol–water partition coefficient (Wildman–Crippen LogP) is 4.07. The molecule has 0 radical (unpaired) electrons. The van der Waals surface area contributed by atoms with Crippen molar-refractivity contribution in [3.63, 3.8) is 0 Å². The van der Waals surface area contributed by atoms with Gasteiger partial charge in [0.05, 0.1) is 0 Å². The van der Waals surface area contributed by atoms with Gasteiger partial charge in [0, 0.05) is 31.3 Å². The second kappa shape index (κ2) is 9.64. The Balaban J connectivity index is 1.58. The van der Waals surface area contributed by atoms with Crippen molar-refractivity contribution in [2.45, 2.75) is 13.0 Å². The molecule has 4 nitrogen and oxygen atoms in total. The first kappa shape index (κ1) is 20.3. The third kappa shape index (κ3) is 5.75. The number of carbonyl (C=O) groups excluding carboxylic acids is 2. The molecular formula is C24H23FN2O2. The molecule has 0 bridgehead atoms. The highest BCUT2D eigenvalue weighted by atomic mass is 19.1. The van der Waals surface area contributed by atoms with Crippen LogP contribution in [0.1, 0.15) is 31.8 Å². The van der Waals surface area contributed by atoms with Crippen LogP contribution in [0.3, 0.4) is 0 Å². The van der Waals surface area contributed by atoms with Gasteiger partial charge < -0.3 is 10.2 Å². The second-order valence-electron chi connectivity index (χ2n) is 6.86. The molecule has 0 aliphatic carbocycles. The fourth-order valence-corrected chi connectivity index (χ4v) is 3.02. The summed E-state index contributed by atoms with van der Waals surface area (Å²) in [5.41, 5.74) is 2.88. The van der Waals surface area contributed by atoms with Crippen LogP contribution in [0.2, 0.25) is 0 Å². The van der Waals surface area contributed by atoms with Crippen LogP contribution in [0, 0.1) is 5.82 Å². The van der Waals surface area contributed by atoms with E-state index in [9.17, 15) is 14.0 Å². The van der Waals surface area contributed by atoms with E-state index in [0.717, 1.165) is 11.1 Å². The van der Waals surface area contributed by atoms with Crippen molar-refractivity contribution in [2.75, 3.05) is 13.6 Å². The van der Waals surface area contributed by atoms with E-state index in [-0.39, 0.29) is 17.6 Å². The largest absolute Gasteiger partial charge is 0.352 e. The van der Waals surface area contributed by atoms with Crippen molar-refractivity contribution >= 4 is 11.8 Å². The fraction of sp³-hybridized carbons (Fsp3) is 0.167. The Kier molecular flexibility index (Phi) is 6.74. The first-order valence-electron chi connectivity index (χ1n) is 9.45. The molecule has 3 aromatic carbocycles. The third-order valence-electron chi connectivity index (χ3n) is 4.59. The van der Waals surface area contributed by atoms with Crippen molar-refractivity contribution in [1.82, 2.24) is 10.2 Å². The summed E-state index contributed by atoms with van der Waals surface area (Å²) in [6.45, 7) is 0.921. The lowest BCUT2D eigenvalue weighted by atomic mass is 10.1. The van der Waals surface area contributed by atoms with Gasteiger partial charge in [-0.2, -0.15) is 0 Å². The molecule has 0 heterocycles. The quantitative estimate of drug-likeness (QED) is 0.661. The molecule has 0 saturated carbocycles. The Morgan fingerprint density at radius 1 is 0.862 bits per heavy atom. The Morgan fingerprint density at radius 2 is 1.55 bits per heavy atom. The van der Waals surface area contributed by atoms with Crippen molar-refractivity contribution in [3.05, 3.63) is 107 Å². The maximum atomic E-state index is 12.9. The molecule has 0 aliphatic heterocycles. The van der Waals surface area contributed by atoms with Gasteiger partial charge in [-0.25, -0.2) is 4.39 Å². The van der Waals surface area contributed by atoms with E-state index in [1.165, 1.54) is 12.1 Å². The molecule has 0 unspecified atom stereocenters. The van der Waals surface area contributed by atoms with E-state index in [1.54, 1.807) is 48.3 Å². The molecule has 3 rings (SSSR count). The Hall–Kier alpha value is -3.47. The minimum atomic E-state index is -0.281.